The Balaban J connectivity index is 1.75. The number of pyridine rings is 1. The molecule has 44 heavy (non-hydrogen) atoms. The van der Waals surface area contributed by atoms with Crippen molar-refractivity contribution in [1.29, 1.82) is 0 Å². The second-order valence-electron chi connectivity index (χ2n) is 10.9. The fourth-order valence-electron chi connectivity index (χ4n) is 6.13. The van der Waals surface area contributed by atoms with Crippen molar-refractivity contribution in [2.75, 3.05) is 0 Å². The summed E-state index contributed by atoms with van der Waals surface area (Å²) in [6.07, 6.45) is 0. The quantitative estimate of drug-likeness (QED) is 0.164. The third kappa shape index (κ3) is 5.46. The van der Waals surface area contributed by atoms with Crippen LogP contribution < -0.4 is 4.57 Å². The first-order valence-corrected chi connectivity index (χ1v) is 15.3. The van der Waals surface area contributed by atoms with E-state index in [9.17, 15) is 0 Å². The molecule has 0 saturated heterocycles. The Bertz CT molecular complexity index is 1880. The van der Waals surface area contributed by atoms with Gasteiger partial charge < -0.3 is 0 Å². The lowest BCUT2D eigenvalue weighted by molar-refractivity contribution is -0.665. The van der Waals surface area contributed by atoms with E-state index >= 15 is 0 Å². The highest BCUT2D eigenvalue weighted by Crippen LogP contribution is 2.47. The number of hydrogen-bond donors (Lipinski definition) is 0. The van der Waals surface area contributed by atoms with Gasteiger partial charge in [-0.3, -0.25) is 0 Å². The number of aromatic nitrogens is 1. The zero-order valence-corrected chi connectivity index (χ0v) is 25.0. The molecule has 1 nitrogen and oxygen atoms in total. The Hall–Kier alpha value is -5.24. The standard InChI is InChI=1S/C42H31ClN/c43-37-28-26-31(27-29-37)30-44-41(35-22-12-4-13-23-35)39(33-18-8-2-9-19-33)38(32-16-6-1-7-17-32)40(34-20-10-3-11-21-34)42(44)36-24-14-5-15-25-36/h1-29H,30H2/q+1. The van der Waals surface area contributed by atoms with Crippen molar-refractivity contribution in [3.05, 3.63) is 187 Å². The van der Waals surface area contributed by atoms with Gasteiger partial charge in [0, 0.05) is 27.3 Å². The van der Waals surface area contributed by atoms with Crippen LogP contribution in [0.5, 0.6) is 0 Å². The van der Waals surface area contributed by atoms with Crippen LogP contribution in [0.25, 0.3) is 55.9 Å². The molecule has 6 aromatic carbocycles. The molecule has 0 unspecified atom stereocenters. The lowest BCUT2D eigenvalue weighted by Crippen LogP contribution is -2.41. The molecule has 0 aliphatic carbocycles. The first kappa shape index (κ1) is 27.6. The maximum absolute atomic E-state index is 6.36. The second-order valence-corrected chi connectivity index (χ2v) is 11.3. The molecule has 0 aliphatic rings. The van der Waals surface area contributed by atoms with Gasteiger partial charge in [0.2, 0.25) is 11.4 Å². The number of halogens is 1. The van der Waals surface area contributed by atoms with Crippen LogP contribution in [0.2, 0.25) is 5.02 Å². The molecule has 1 heterocycles. The Morgan fingerprint density at radius 1 is 0.341 bits per heavy atom. The number of nitrogens with zero attached hydrogens (tertiary/aromatic N) is 1. The van der Waals surface area contributed by atoms with Crippen molar-refractivity contribution < 1.29 is 4.57 Å². The second kappa shape index (κ2) is 12.6. The van der Waals surface area contributed by atoms with E-state index in [0.29, 0.717) is 6.54 Å². The minimum absolute atomic E-state index is 0.667. The van der Waals surface area contributed by atoms with Gasteiger partial charge in [-0.2, -0.15) is 4.57 Å². The van der Waals surface area contributed by atoms with Crippen LogP contribution in [-0.2, 0) is 6.54 Å². The molecule has 0 fully saturated rings. The first-order valence-electron chi connectivity index (χ1n) is 14.9. The summed E-state index contributed by atoms with van der Waals surface area (Å²) in [6, 6.07) is 62.3. The van der Waals surface area contributed by atoms with Gasteiger partial charge in [0.1, 0.15) is 0 Å². The van der Waals surface area contributed by atoms with Crippen molar-refractivity contribution in [3.8, 4) is 55.9 Å². The molecule has 0 amide bonds. The molecule has 0 saturated carbocycles. The lowest BCUT2D eigenvalue weighted by atomic mass is 9.82. The molecule has 0 radical (unpaired) electrons. The molecule has 2 heteroatoms. The van der Waals surface area contributed by atoms with Gasteiger partial charge in [0.15, 0.2) is 6.54 Å². The van der Waals surface area contributed by atoms with E-state index in [4.69, 9.17) is 11.6 Å². The SMILES string of the molecule is Clc1ccc(C[n+]2c(-c3ccccc3)c(-c3ccccc3)c(-c3ccccc3)c(-c3ccccc3)c2-c2ccccc2)cc1. The van der Waals surface area contributed by atoms with Crippen molar-refractivity contribution in [1.82, 2.24) is 0 Å². The van der Waals surface area contributed by atoms with Crippen molar-refractivity contribution in [2.24, 2.45) is 0 Å². The van der Waals surface area contributed by atoms with E-state index in [-0.39, 0.29) is 0 Å². The van der Waals surface area contributed by atoms with Crippen LogP contribution in [0, 0.1) is 0 Å². The van der Waals surface area contributed by atoms with E-state index in [0.717, 1.165) is 16.1 Å². The Morgan fingerprint density at radius 2 is 0.659 bits per heavy atom. The number of hydrogen-bond acceptors (Lipinski definition) is 0. The molecule has 7 aromatic rings. The lowest BCUT2D eigenvalue weighted by Gasteiger charge is -2.23. The summed E-state index contributed by atoms with van der Waals surface area (Å²) >= 11 is 6.36. The van der Waals surface area contributed by atoms with Gasteiger partial charge in [-0.05, 0) is 53.1 Å². The van der Waals surface area contributed by atoms with E-state index in [2.05, 4.69) is 168 Å². The summed E-state index contributed by atoms with van der Waals surface area (Å²) in [5, 5.41) is 0.736. The highest BCUT2D eigenvalue weighted by atomic mass is 35.5. The van der Waals surface area contributed by atoms with Crippen LogP contribution in [0.4, 0.5) is 0 Å². The van der Waals surface area contributed by atoms with E-state index in [1.165, 1.54) is 50.3 Å². The van der Waals surface area contributed by atoms with Gasteiger partial charge >= 0.3 is 0 Å². The average molecular weight is 585 g/mol. The van der Waals surface area contributed by atoms with Crippen LogP contribution in [0.15, 0.2) is 176 Å². The average Bonchev–Trinajstić information content (AvgIpc) is 3.10. The maximum Gasteiger partial charge on any atom is 0.221 e. The topological polar surface area (TPSA) is 3.88 Å². The fraction of sp³-hybridized carbons (Fsp3) is 0.0238. The largest absolute Gasteiger partial charge is 0.221 e. The Labute approximate surface area is 264 Å². The molecule has 7 rings (SSSR count). The molecular formula is C42H31ClN+. The van der Waals surface area contributed by atoms with E-state index in [1.54, 1.807) is 0 Å². The van der Waals surface area contributed by atoms with E-state index in [1.807, 2.05) is 12.1 Å². The molecule has 210 valence electrons. The Kier molecular flexibility index (Phi) is 7.87. The van der Waals surface area contributed by atoms with Gasteiger partial charge in [-0.25, -0.2) is 0 Å². The third-order valence-corrected chi connectivity index (χ3v) is 8.30. The smallest absolute Gasteiger partial charge is 0.186 e. The molecule has 0 spiro atoms. The molecule has 0 aliphatic heterocycles. The van der Waals surface area contributed by atoms with E-state index < -0.39 is 0 Å². The normalized spacial score (nSPS) is 10.9. The highest BCUT2D eigenvalue weighted by Gasteiger charge is 2.34. The van der Waals surface area contributed by atoms with Crippen molar-refractivity contribution in [2.45, 2.75) is 6.54 Å². The first-order chi connectivity index (χ1) is 21.8. The number of benzene rings is 6. The predicted octanol–water partition coefficient (Wildman–Crippen LogP) is 11.0. The third-order valence-electron chi connectivity index (χ3n) is 8.05. The molecular weight excluding hydrogens is 554 g/mol. The summed E-state index contributed by atoms with van der Waals surface area (Å²) < 4.78 is 2.52. The molecule has 0 N–H and O–H groups in total. The van der Waals surface area contributed by atoms with Gasteiger partial charge in [0.25, 0.3) is 0 Å². The highest BCUT2D eigenvalue weighted by molar-refractivity contribution is 6.30. The van der Waals surface area contributed by atoms with Gasteiger partial charge in [0.05, 0.1) is 11.1 Å². The van der Waals surface area contributed by atoms with Crippen molar-refractivity contribution in [3.63, 3.8) is 0 Å². The molecule has 0 bridgehead atoms. The maximum atomic E-state index is 6.36. The van der Waals surface area contributed by atoms with Gasteiger partial charge in [-0.1, -0.05) is 151 Å². The predicted molar refractivity (Wildman–Crippen MR) is 184 cm³/mol. The van der Waals surface area contributed by atoms with Crippen LogP contribution >= 0.6 is 11.6 Å². The number of rotatable bonds is 7. The zero-order chi connectivity index (χ0) is 29.7. The zero-order valence-electron chi connectivity index (χ0n) is 24.3. The summed E-state index contributed by atoms with van der Waals surface area (Å²) in [7, 11) is 0. The molecule has 1 aromatic heterocycles. The summed E-state index contributed by atoms with van der Waals surface area (Å²) in [6.45, 7) is 0.667. The van der Waals surface area contributed by atoms with Crippen LogP contribution in [-0.4, -0.2) is 0 Å². The van der Waals surface area contributed by atoms with Crippen LogP contribution in [0.1, 0.15) is 5.56 Å². The Morgan fingerprint density at radius 3 is 1.02 bits per heavy atom. The fourth-order valence-corrected chi connectivity index (χ4v) is 6.26. The monoisotopic (exact) mass is 584 g/mol. The van der Waals surface area contributed by atoms with Gasteiger partial charge in [-0.15, -0.1) is 0 Å². The summed E-state index contributed by atoms with van der Waals surface area (Å²) in [5.41, 5.74) is 13.0. The van der Waals surface area contributed by atoms with Crippen molar-refractivity contribution >= 4 is 11.6 Å². The minimum Gasteiger partial charge on any atom is -0.186 e. The van der Waals surface area contributed by atoms with Crippen LogP contribution in [0.3, 0.4) is 0 Å². The minimum atomic E-state index is 0.667. The summed E-state index contributed by atoms with van der Waals surface area (Å²) in [5.74, 6) is 0. The molecule has 0 atom stereocenters. The summed E-state index contributed by atoms with van der Waals surface area (Å²) in [4.78, 5) is 0.